The molecule has 0 aromatic heterocycles. The average molecular weight is 371 g/mol. The van der Waals surface area contributed by atoms with Gasteiger partial charge in [0.05, 0.1) is 12.8 Å². The van der Waals surface area contributed by atoms with Crippen molar-refractivity contribution in [3.63, 3.8) is 0 Å². The van der Waals surface area contributed by atoms with Gasteiger partial charge in [-0.15, -0.1) is 0 Å². The Bertz CT molecular complexity index is 599. The zero-order valence-electron chi connectivity index (χ0n) is 13.0. The number of nitrogens with one attached hydrogen (secondary N) is 1. The van der Waals surface area contributed by atoms with Crippen molar-refractivity contribution in [3.05, 3.63) is 29.8 Å². The van der Waals surface area contributed by atoms with Gasteiger partial charge >= 0.3 is 11.9 Å². The van der Waals surface area contributed by atoms with E-state index in [1.54, 1.807) is 31.8 Å². The molecule has 1 aliphatic heterocycles. The molecule has 22 heavy (non-hydrogen) atoms. The second-order valence-electron chi connectivity index (χ2n) is 5.95. The molecule has 1 aromatic rings. The smallest absolute Gasteiger partial charge is 0.343 e. The van der Waals surface area contributed by atoms with Crippen molar-refractivity contribution >= 4 is 33.6 Å². The Labute approximate surface area is 137 Å². The summed E-state index contributed by atoms with van der Waals surface area (Å²) in [6.07, 6.45) is 0. The third-order valence-electron chi connectivity index (χ3n) is 3.03. The van der Waals surface area contributed by atoms with Crippen LogP contribution in [0.15, 0.2) is 24.3 Å². The molecule has 1 aromatic carbocycles. The van der Waals surface area contributed by atoms with E-state index in [-0.39, 0.29) is 6.54 Å². The first-order valence-electron chi connectivity index (χ1n) is 6.81. The minimum atomic E-state index is -1.21. The molecule has 0 fully saturated rings. The number of nitrogens with zero attached hydrogens (tertiary/aromatic N) is 1. The quantitative estimate of drug-likeness (QED) is 0.499. The number of carbonyl (C=O) groups excluding carboxylic acids is 2. The molecule has 0 radical (unpaired) electrons. The molecule has 1 atom stereocenters. The fraction of sp³-hybridized carbons (Fsp3) is 0.467. The summed E-state index contributed by atoms with van der Waals surface area (Å²) in [4.78, 5) is 24.1. The number of esters is 2. The molecule has 1 heterocycles. The highest BCUT2D eigenvalue weighted by molar-refractivity contribution is 9.10. The van der Waals surface area contributed by atoms with Crippen LogP contribution in [0, 0.1) is 0 Å². The van der Waals surface area contributed by atoms with Crippen LogP contribution in [0.1, 0.15) is 26.3 Å². The van der Waals surface area contributed by atoms with Crippen LogP contribution in [-0.4, -0.2) is 31.2 Å². The second-order valence-corrected chi connectivity index (χ2v) is 7.14. The number of anilines is 1. The van der Waals surface area contributed by atoms with Gasteiger partial charge < -0.3 is 9.47 Å². The number of methoxy groups -OCH3 is 1. The van der Waals surface area contributed by atoms with E-state index in [1.807, 2.05) is 18.2 Å². The van der Waals surface area contributed by atoms with Crippen LogP contribution < -0.4 is 10.4 Å². The van der Waals surface area contributed by atoms with Crippen LogP contribution >= 0.6 is 15.9 Å². The number of halogens is 1. The fourth-order valence-electron chi connectivity index (χ4n) is 2.23. The molecule has 0 saturated heterocycles. The summed E-state index contributed by atoms with van der Waals surface area (Å²) >= 11 is 3.38. The van der Waals surface area contributed by atoms with E-state index < -0.39 is 22.0 Å². The van der Waals surface area contributed by atoms with E-state index in [2.05, 4.69) is 21.4 Å². The summed E-state index contributed by atoms with van der Waals surface area (Å²) in [7, 11) is 1.31. The second kappa shape index (κ2) is 5.89. The maximum absolute atomic E-state index is 12.1. The summed E-state index contributed by atoms with van der Waals surface area (Å²) in [5, 5.41) is 1.58. The number of hydrogen-bond donors (Lipinski definition) is 1. The Morgan fingerprint density at radius 2 is 1.95 bits per heavy atom. The van der Waals surface area contributed by atoms with Crippen LogP contribution in [0.5, 0.6) is 0 Å². The Morgan fingerprint density at radius 1 is 1.32 bits per heavy atom. The van der Waals surface area contributed by atoms with Gasteiger partial charge in [0.2, 0.25) is 4.45 Å². The first-order valence-corrected chi connectivity index (χ1v) is 7.61. The van der Waals surface area contributed by atoms with E-state index in [4.69, 9.17) is 9.47 Å². The molecular weight excluding hydrogens is 352 g/mol. The van der Waals surface area contributed by atoms with Gasteiger partial charge in [0.25, 0.3) is 0 Å². The Hall–Kier alpha value is -1.60. The highest BCUT2D eigenvalue weighted by atomic mass is 79.9. The monoisotopic (exact) mass is 370 g/mol. The summed E-state index contributed by atoms with van der Waals surface area (Å²) in [5.41, 5.74) is 3.81. The number of benzene rings is 1. The molecule has 120 valence electrons. The summed E-state index contributed by atoms with van der Waals surface area (Å²) in [6, 6.07) is 7.26. The van der Waals surface area contributed by atoms with Gasteiger partial charge in [-0.25, -0.2) is 10.2 Å². The number of hydrazine groups is 1. The van der Waals surface area contributed by atoms with E-state index in [1.165, 1.54) is 7.11 Å². The number of para-hydroxylation sites is 1. The fourth-order valence-corrected chi connectivity index (χ4v) is 2.94. The van der Waals surface area contributed by atoms with Gasteiger partial charge in [0, 0.05) is 5.56 Å². The lowest BCUT2D eigenvalue weighted by Crippen LogP contribution is -2.49. The zero-order chi connectivity index (χ0) is 16.5. The van der Waals surface area contributed by atoms with Crippen LogP contribution in [0.3, 0.4) is 0 Å². The van der Waals surface area contributed by atoms with Crippen LogP contribution in [0.25, 0.3) is 0 Å². The van der Waals surface area contributed by atoms with E-state index in [0.717, 1.165) is 5.69 Å². The standard InChI is InChI=1S/C15H19BrN2O4/c1-14(2,3)22-12(19)9-18-11-8-6-5-7-10(11)15(16,17-18)13(20)21-4/h5-8,17H,9H2,1-4H3. The molecule has 2 rings (SSSR count). The van der Waals surface area contributed by atoms with Gasteiger partial charge in [-0.2, -0.15) is 0 Å². The molecule has 1 N–H and O–H groups in total. The predicted molar refractivity (Wildman–Crippen MR) is 85.4 cm³/mol. The van der Waals surface area contributed by atoms with Crippen molar-refractivity contribution in [1.29, 1.82) is 0 Å². The van der Waals surface area contributed by atoms with Gasteiger partial charge in [0.15, 0.2) is 0 Å². The highest BCUT2D eigenvalue weighted by Gasteiger charge is 2.48. The topological polar surface area (TPSA) is 67.9 Å². The summed E-state index contributed by atoms with van der Waals surface area (Å²) in [6.45, 7) is 5.39. The minimum absolute atomic E-state index is 0.0291. The SMILES string of the molecule is COC(=O)C1(Br)NN(CC(=O)OC(C)(C)C)c2ccccc21. The number of carbonyl (C=O) groups is 2. The number of rotatable bonds is 3. The normalized spacial score (nSPS) is 20.5. The summed E-state index contributed by atoms with van der Waals surface area (Å²) in [5.74, 6) is -0.886. The maximum atomic E-state index is 12.1. The van der Waals surface area contributed by atoms with Crippen molar-refractivity contribution in [2.75, 3.05) is 18.7 Å². The van der Waals surface area contributed by atoms with Crippen LogP contribution in [0.4, 0.5) is 5.69 Å². The van der Waals surface area contributed by atoms with Crippen molar-refractivity contribution in [1.82, 2.24) is 5.43 Å². The summed E-state index contributed by atoms with van der Waals surface area (Å²) < 4.78 is 8.95. The lowest BCUT2D eigenvalue weighted by Gasteiger charge is -2.25. The van der Waals surface area contributed by atoms with E-state index in [9.17, 15) is 9.59 Å². The largest absolute Gasteiger partial charge is 0.467 e. The van der Waals surface area contributed by atoms with Crippen molar-refractivity contribution < 1.29 is 19.1 Å². The third-order valence-corrected chi connectivity index (χ3v) is 3.96. The maximum Gasteiger partial charge on any atom is 0.343 e. The molecule has 0 aliphatic carbocycles. The molecule has 0 spiro atoms. The number of ether oxygens (including phenoxy) is 2. The highest BCUT2D eigenvalue weighted by Crippen LogP contribution is 2.42. The molecular formula is C15H19BrN2O4. The Morgan fingerprint density at radius 3 is 2.55 bits per heavy atom. The predicted octanol–water partition coefficient (Wildman–Crippen LogP) is 2.07. The third kappa shape index (κ3) is 3.25. The van der Waals surface area contributed by atoms with Gasteiger partial charge in [-0.05, 0) is 42.8 Å². The Balaban J connectivity index is 2.26. The number of hydrogen-bond acceptors (Lipinski definition) is 6. The number of alkyl halides is 1. The molecule has 0 saturated carbocycles. The van der Waals surface area contributed by atoms with Gasteiger partial charge in [-0.3, -0.25) is 9.80 Å². The Kier molecular flexibility index (Phi) is 4.49. The number of fused-ring (bicyclic) bond motifs is 1. The molecule has 0 bridgehead atoms. The first kappa shape index (κ1) is 16.8. The van der Waals surface area contributed by atoms with Crippen LogP contribution in [-0.2, 0) is 23.5 Å². The lowest BCUT2D eigenvalue weighted by atomic mass is 10.1. The van der Waals surface area contributed by atoms with Crippen molar-refractivity contribution in [2.45, 2.75) is 30.8 Å². The van der Waals surface area contributed by atoms with Gasteiger partial charge in [0.1, 0.15) is 12.1 Å². The van der Waals surface area contributed by atoms with Gasteiger partial charge in [-0.1, -0.05) is 18.2 Å². The van der Waals surface area contributed by atoms with E-state index >= 15 is 0 Å². The lowest BCUT2D eigenvalue weighted by molar-refractivity contribution is -0.153. The van der Waals surface area contributed by atoms with Crippen molar-refractivity contribution in [3.8, 4) is 0 Å². The molecule has 7 heteroatoms. The molecule has 0 amide bonds. The van der Waals surface area contributed by atoms with Crippen LogP contribution in [0.2, 0.25) is 0 Å². The molecule has 1 aliphatic rings. The minimum Gasteiger partial charge on any atom is -0.467 e. The molecule has 6 nitrogen and oxygen atoms in total. The van der Waals surface area contributed by atoms with E-state index in [0.29, 0.717) is 5.56 Å². The first-order chi connectivity index (χ1) is 10.2. The average Bonchev–Trinajstić information content (AvgIpc) is 2.70. The van der Waals surface area contributed by atoms with Crippen molar-refractivity contribution in [2.24, 2.45) is 0 Å². The zero-order valence-corrected chi connectivity index (χ0v) is 14.6. The molecule has 1 unspecified atom stereocenters.